The third-order valence-corrected chi connectivity index (χ3v) is 5.63. The standard InChI is InChI=1S/C23H26N2O2S/c1-4-25(5-2)23(26)20-15-24-21-13-12-18(14-19(21)22(20)28-6-3)27-16-17-10-8-7-9-11-17/h7-15H,4-6,16H2,1-3H3. The van der Waals surface area contributed by atoms with Crippen molar-refractivity contribution in [3.63, 3.8) is 0 Å². The van der Waals surface area contributed by atoms with E-state index in [-0.39, 0.29) is 5.91 Å². The molecule has 146 valence electrons. The fourth-order valence-corrected chi connectivity index (χ4v) is 4.01. The summed E-state index contributed by atoms with van der Waals surface area (Å²) in [6.07, 6.45) is 1.71. The zero-order valence-electron chi connectivity index (χ0n) is 16.6. The van der Waals surface area contributed by atoms with E-state index in [1.54, 1.807) is 18.0 Å². The van der Waals surface area contributed by atoms with Gasteiger partial charge in [-0.05, 0) is 43.4 Å². The van der Waals surface area contributed by atoms with Crippen molar-refractivity contribution in [2.45, 2.75) is 32.3 Å². The molecule has 0 radical (unpaired) electrons. The van der Waals surface area contributed by atoms with Gasteiger partial charge >= 0.3 is 0 Å². The molecule has 0 unspecified atom stereocenters. The van der Waals surface area contributed by atoms with Crippen molar-refractivity contribution in [2.24, 2.45) is 0 Å². The van der Waals surface area contributed by atoms with Crippen LogP contribution in [-0.4, -0.2) is 34.6 Å². The Labute approximate surface area is 170 Å². The van der Waals surface area contributed by atoms with E-state index < -0.39 is 0 Å². The first-order chi connectivity index (χ1) is 13.7. The summed E-state index contributed by atoms with van der Waals surface area (Å²) >= 11 is 1.68. The predicted molar refractivity (Wildman–Crippen MR) is 116 cm³/mol. The summed E-state index contributed by atoms with van der Waals surface area (Å²) < 4.78 is 5.99. The van der Waals surface area contributed by atoms with Gasteiger partial charge in [0.2, 0.25) is 0 Å². The Kier molecular flexibility index (Phi) is 6.93. The molecular weight excluding hydrogens is 368 g/mol. The monoisotopic (exact) mass is 394 g/mol. The lowest BCUT2D eigenvalue weighted by Crippen LogP contribution is -2.31. The second-order valence-electron chi connectivity index (χ2n) is 6.36. The Morgan fingerprint density at radius 1 is 1.07 bits per heavy atom. The maximum Gasteiger partial charge on any atom is 0.256 e. The SMILES string of the molecule is CCSc1c(C(=O)N(CC)CC)cnc2ccc(OCc3ccccc3)cc12. The van der Waals surface area contributed by atoms with E-state index in [0.29, 0.717) is 25.3 Å². The third-order valence-electron chi connectivity index (χ3n) is 4.61. The highest BCUT2D eigenvalue weighted by molar-refractivity contribution is 7.99. The molecular formula is C23H26N2O2S. The van der Waals surface area contributed by atoms with E-state index in [0.717, 1.165) is 32.9 Å². The van der Waals surface area contributed by atoms with Crippen LogP contribution in [0.5, 0.6) is 5.75 Å². The highest BCUT2D eigenvalue weighted by Crippen LogP contribution is 2.33. The number of hydrogen-bond acceptors (Lipinski definition) is 4. The molecule has 0 aliphatic heterocycles. The molecule has 5 heteroatoms. The first-order valence-corrected chi connectivity index (χ1v) is 10.7. The molecule has 28 heavy (non-hydrogen) atoms. The summed E-state index contributed by atoms with van der Waals surface area (Å²) in [6.45, 7) is 7.97. The lowest BCUT2D eigenvalue weighted by molar-refractivity contribution is 0.0769. The number of ether oxygens (including phenoxy) is 1. The van der Waals surface area contributed by atoms with Crippen molar-refractivity contribution in [3.05, 3.63) is 65.9 Å². The minimum absolute atomic E-state index is 0.0333. The normalized spacial score (nSPS) is 10.8. The molecule has 0 saturated heterocycles. The fourth-order valence-electron chi connectivity index (χ4n) is 3.11. The van der Waals surface area contributed by atoms with Gasteiger partial charge in [-0.1, -0.05) is 37.3 Å². The van der Waals surface area contributed by atoms with Gasteiger partial charge in [-0.3, -0.25) is 9.78 Å². The molecule has 3 rings (SSSR count). The number of aromatic nitrogens is 1. The van der Waals surface area contributed by atoms with Crippen LogP contribution in [-0.2, 0) is 6.61 Å². The molecule has 1 heterocycles. The molecule has 0 spiro atoms. The molecule has 0 aliphatic rings. The molecule has 1 amide bonds. The number of hydrogen-bond donors (Lipinski definition) is 0. The van der Waals surface area contributed by atoms with Gasteiger partial charge in [0, 0.05) is 29.6 Å². The van der Waals surface area contributed by atoms with E-state index in [1.165, 1.54) is 0 Å². The Balaban J connectivity index is 1.97. The Bertz CT molecular complexity index is 940. The van der Waals surface area contributed by atoms with Crippen LogP contribution < -0.4 is 4.74 Å². The summed E-state index contributed by atoms with van der Waals surface area (Å²) in [7, 11) is 0. The van der Waals surface area contributed by atoms with Crippen molar-refractivity contribution < 1.29 is 9.53 Å². The number of amides is 1. The van der Waals surface area contributed by atoms with Gasteiger partial charge in [-0.25, -0.2) is 0 Å². The first kappa shape index (κ1) is 20.2. The van der Waals surface area contributed by atoms with Gasteiger partial charge in [-0.15, -0.1) is 11.8 Å². The minimum Gasteiger partial charge on any atom is -0.489 e. The largest absolute Gasteiger partial charge is 0.489 e. The Morgan fingerprint density at radius 3 is 2.50 bits per heavy atom. The van der Waals surface area contributed by atoms with Crippen LogP contribution in [0.25, 0.3) is 10.9 Å². The summed E-state index contributed by atoms with van der Waals surface area (Å²) in [5.41, 5.74) is 2.66. The molecule has 0 atom stereocenters. The number of nitrogens with zero attached hydrogens (tertiary/aromatic N) is 2. The second kappa shape index (κ2) is 9.60. The van der Waals surface area contributed by atoms with Gasteiger partial charge in [0.05, 0.1) is 11.1 Å². The van der Waals surface area contributed by atoms with E-state index in [4.69, 9.17) is 4.74 Å². The molecule has 0 bridgehead atoms. The van der Waals surface area contributed by atoms with Gasteiger partial charge in [0.15, 0.2) is 0 Å². The van der Waals surface area contributed by atoms with E-state index in [1.807, 2.05) is 67.3 Å². The zero-order chi connectivity index (χ0) is 19.9. The Hall–Kier alpha value is -2.53. The van der Waals surface area contributed by atoms with Crippen LogP contribution >= 0.6 is 11.8 Å². The van der Waals surface area contributed by atoms with E-state index in [9.17, 15) is 4.79 Å². The lowest BCUT2D eigenvalue weighted by Gasteiger charge is -2.21. The Morgan fingerprint density at radius 2 is 1.82 bits per heavy atom. The van der Waals surface area contributed by atoms with Crippen LogP contribution in [0.4, 0.5) is 0 Å². The van der Waals surface area contributed by atoms with Crippen molar-refractivity contribution in [1.82, 2.24) is 9.88 Å². The molecule has 0 fully saturated rings. The summed E-state index contributed by atoms with van der Waals surface area (Å²) in [4.78, 5) is 20.3. The lowest BCUT2D eigenvalue weighted by atomic mass is 10.1. The fraction of sp³-hybridized carbons (Fsp3) is 0.304. The number of thioether (sulfide) groups is 1. The van der Waals surface area contributed by atoms with Gasteiger partial charge in [-0.2, -0.15) is 0 Å². The molecule has 4 nitrogen and oxygen atoms in total. The predicted octanol–water partition coefficient (Wildman–Crippen LogP) is 5.41. The van der Waals surface area contributed by atoms with Crippen molar-refractivity contribution >= 4 is 28.6 Å². The quantitative estimate of drug-likeness (QED) is 0.479. The average Bonchev–Trinajstić information content (AvgIpc) is 2.74. The van der Waals surface area contributed by atoms with Gasteiger partial charge in [0.25, 0.3) is 5.91 Å². The van der Waals surface area contributed by atoms with Crippen molar-refractivity contribution in [3.8, 4) is 5.75 Å². The zero-order valence-corrected chi connectivity index (χ0v) is 17.5. The third kappa shape index (κ3) is 4.47. The summed E-state index contributed by atoms with van der Waals surface area (Å²) in [5, 5.41) is 0.968. The van der Waals surface area contributed by atoms with Crippen LogP contribution in [0, 0.1) is 0 Å². The van der Waals surface area contributed by atoms with Crippen LogP contribution in [0.1, 0.15) is 36.7 Å². The number of carbonyl (C=O) groups excluding carboxylic acids is 1. The van der Waals surface area contributed by atoms with Crippen LogP contribution in [0.2, 0.25) is 0 Å². The average molecular weight is 395 g/mol. The molecule has 1 aromatic heterocycles. The van der Waals surface area contributed by atoms with Crippen LogP contribution in [0.15, 0.2) is 59.6 Å². The minimum atomic E-state index is 0.0333. The highest BCUT2D eigenvalue weighted by atomic mass is 32.2. The van der Waals surface area contributed by atoms with Gasteiger partial charge < -0.3 is 9.64 Å². The summed E-state index contributed by atoms with van der Waals surface area (Å²) in [5.74, 6) is 1.70. The molecule has 0 saturated carbocycles. The summed E-state index contributed by atoms with van der Waals surface area (Å²) in [6, 6.07) is 16.0. The number of fused-ring (bicyclic) bond motifs is 1. The number of pyridine rings is 1. The molecule has 0 aliphatic carbocycles. The van der Waals surface area contributed by atoms with E-state index in [2.05, 4.69) is 11.9 Å². The molecule has 2 aromatic carbocycles. The number of benzene rings is 2. The maximum atomic E-state index is 13.0. The highest BCUT2D eigenvalue weighted by Gasteiger charge is 2.20. The molecule has 0 N–H and O–H groups in total. The second-order valence-corrected chi connectivity index (χ2v) is 7.64. The van der Waals surface area contributed by atoms with E-state index >= 15 is 0 Å². The maximum absolute atomic E-state index is 13.0. The van der Waals surface area contributed by atoms with Crippen LogP contribution in [0.3, 0.4) is 0 Å². The number of rotatable bonds is 8. The van der Waals surface area contributed by atoms with Crippen molar-refractivity contribution in [1.29, 1.82) is 0 Å². The first-order valence-electron chi connectivity index (χ1n) is 9.69. The van der Waals surface area contributed by atoms with Gasteiger partial charge in [0.1, 0.15) is 12.4 Å². The smallest absolute Gasteiger partial charge is 0.256 e. The molecule has 3 aromatic rings. The number of carbonyl (C=O) groups is 1. The topological polar surface area (TPSA) is 42.4 Å². The van der Waals surface area contributed by atoms with Crippen molar-refractivity contribution in [2.75, 3.05) is 18.8 Å².